The van der Waals surface area contributed by atoms with Crippen molar-refractivity contribution in [2.24, 2.45) is 0 Å². The Morgan fingerprint density at radius 1 is 1.18 bits per heavy atom. The Bertz CT molecular complexity index is 1050. The third-order valence-corrected chi connectivity index (χ3v) is 6.94. The molecule has 5 rings (SSSR count). The minimum Gasteiger partial charge on any atom is -0.289 e. The van der Waals surface area contributed by atoms with Crippen LogP contribution in [0.25, 0.3) is 0 Å². The molecule has 1 saturated carbocycles. The van der Waals surface area contributed by atoms with E-state index in [9.17, 15) is 13.2 Å². The largest absolute Gasteiger partial charge is 0.410 e. The number of nitrogens with zero attached hydrogens (tertiary/aromatic N) is 4. The summed E-state index contributed by atoms with van der Waals surface area (Å²) in [6.45, 7) is 0.634. The van der Waals surface area contributed by atoms with E-state index in [1.807, 2.05) is 30.3 Å². The first kappa shape index (κ1) is 22.1. The van der Waals surface area contributed by atoms with Crippen LogP contribution >= 0.6 is 0 Å². The van der Waals surface area contributed by atoms with E-state index in [-0.39, 0.29) is 24.5 Å². The van der Waals surface area contributed by atoms with E-state index in [0.29, 0.717) is 18.5 Å². The van der Waals surface area contributed by atoms with Gasteiger partial charge in [-0.25, -0.2) is 15.0 Å². The van der Waals surface area contributed by atoms with E-state index in [4.69, 9.17) is 4.84 Å². The Morgan fingerprint density at radius 2 is 1.97 bits per heavy atom. The number of hydroxylamine groups is 2. The van der Waals surface area contributed by atoms with Crippen molar-refractivity contribution in [3.05, 3.63) is 83.6 Å². The molecule has 1 aromatic carbocycles. The minimum absolute atomic E-state index is 0.0160. The summed E-state index contributed by atoms with van der Waals surface area (Å²) in [7, 11) is 1.56. The molecule has 174 valence electrons. The van der Waals surface area contributed by atoms with Gasteiger partial charge in [0.25, 0.3) is 0 Å². The molecule has 1 saturated heterocycles. The maximum absolute atomic E-state index is 14.8. The second-order valence-electron chi connectivity index (χ2n) is 9.01. The lowest BCUT2D eigenvalue weighted by atomic mass is 9.78. The Balaban J connectivity index is 1.59. The molecule has 0 spiro atoms. The second-order valence-corrected chi connectivity index (χ2v) is 9.01. The third kappa shape index (κ3) is 3.95. The molecule has 1 aromatic heterocycles. The summed E-state index contributed by atoms with van der Waals surface area (Å²) in [6, 6.07) is 8.84. The van der Waals surface area contributed by atoms with Gasteiger partial charge in [-0.15, -0.1) is 0 Å². The molecule has 1 aliphatic carbocycles. The van der Waals surface area contributed by atoms with Crippen LogP contribution in [0.4, 0.5) is 13.2 Å². The van der Waals surface area contributed by atoms with Gasteiger partial charge in [0.05, 0.1) is 12.3 Å². The molecule has 3 heterocycles. The molecule has 2 aliphatic heterocycles. The fourth-order valence-corrected chi connectivity index (χ4v) is 5.15. The third-order valence-electron chi connectivity index (χ3n) is 6.94. The van der Waals surface area contributed by atoms with Gasteiger partial charge in [-0.1, -0.05) is 36.4 Å². The van der Waals surface area contributed by atoms with Gasteiger partial charge in [0.1, 0.15) is 17.9 Å². The van der Waals surface area contributed by atoms with Crippen LogP contribution in [0.5, 0.6) is 0 Å². The molecule has 0 N–H and O–H groups in total. The molecule has 33 heavy (non-hydrogen) atoms. The number of allylic oxidation sites excluding steroid dienone is 2. The average Bonchev–Trinajstić information content (AvgIpc) is 3.58. The molecule has 5 nitrogen and oxygen atoms in total. The van der Waals surface area contributed by atoms with Gasteiger partial charge in [-0.05, 0) is 56.5 Å². The summed E-state index contributed by atoms with van der Waals surface area (Å²) in [5.41, 5.74) is 0.654. The molecule has 2 fully saturated rings. The topological polar surface area (TPSA) is 41.5 Å². The lowest BCUT2D eigenvalue weighted by Gasteiger charge is -2.46. The zero-order chi connectivity index (χ0) is 23.1. The molecule has 0 bridgehead atoms. The molecular weight excluding hydrogens is 429 g/mol. The molecule has 8 heteroatoms. The molecule has 0 amide bonds. The quantitative estimate of drug-likeness (QED) is 0.589. The van der Waals surface area contributed by atoms with Crippen molar-refractivity contribution >= 4 is 0 Å². The fraction of sp³-hybridized carbons (Fsp3) is 0.440. The van der Waals surface area contributed by atoms with Crippen molar-refractivity contribution in [2.45, 2.75) is 56.0 Å². The van der Waals surface area contributed by atoms with E-state index >= 15 is 0 Å². The van der Waals surface area contributed by atoms with Crippen LogP contribution in [-0.4, -0.2) is 45.2 Å². The summed E-state index contributed by atoms with van der Waals surface area (Å²) in [6.07, 6.45) is 6.15. The maximum atomic E-state index is 14.8. The van der Waals surface area contributed by atoms with E-state index in [0.717, 1.165) is 24.1 Å². The van der Waals surface area contributed by atoms with E-state index in [1.54, 1.807) is 36.7 Å². The highest BCUT2D eigenvalue weighted by Crippen LogP contribution is 2.54. The lowest BCUT2D eigenvalue weighted by molar-refractivity contribution is -0.217. The zero-order valence-corrected chi connectivity index (χ0v) is 18.5. The van der Waals surface area contributed by atoms with Crippen LogP contribution in [0.3, 0.4) is 0 Å². The SMILES string of the molecule is CN1CCC[C@]1(C1=CC=CN(OCc2ccccc2)C1c1cncnc1C1CC1)C(F)(F)F. The summed E-state index contributed by atoms with van der Waals surface area (Å²) < 4.78 is 44.4. The van der Waals surface area contributed by atoms with Crippen LogP contribution < -0.4 is 0 Å². The minimum atomic E-state index is -4.44. The average molecular weight is 457 g/mol. The molecular formula is C25H27F3N4O. The number of aromatic nitrogens is 2. The van der Waals surface area contributed by atoms with Gasteiger partial charge in [0.2, 0.25) is 0 Å². The number of alkyl halides is 3. The Kier molecular flexibility index (Phi) is 5.74. The predicted molar refractivity (Wildman–Crippen MR) is 118 cm³/mol. The van der Waals surface area contributed by atoms with Crippen molar-refractivity contribution in [1.82, 2.24) is 19.9 Å². The van der Waals surface area contributed by atoms with Crippen LogP contribution in [0.1, 0.15) is 54.5 Å². The van der Waals surface area contributed by atoms with Crippen molar-refractivity contribution in [3.63, 3.8) is 0 Å². The van der Waals surface area contributed by atoms with Gasteiger partial charge >= 0.3 is 6.18 Å². The first-order valence-electron chi connectivity index (χ1n) is 11.3. The van der Waals surface area contributed by atoms with Crippen molar-refractivity contribution in [3.8, 4) is 0 Å². The highest BCUT2D eigenvalue weighted by Gasteiger charge is 2.63. The van der Waals surface area contributed by atoms with Crippen LogP contribution in [0.2, 0.25) is 0 Å². The number of likely N-dealkylation sites (tertiary alicyclic amines) is 1. The molecule has 2 atom stereocenters. The summed E-state index contributed by atoms with van der Waals surface area (Å²) in [5.74, 6) is 0.259. The van der Waals surface area contributed by atoms with Crippen molar-refractivity contribution < 1.29 is 18.0 Å². The highest BCUT2D eigenvalue weighted by atomic mass is 19.4. The van der Waals surface area contributed by atoms with E-state index in [1.165, 1.54) is 11.2 Å². The first-order chi connectivity index (χ1) is 15.9. The number of rotatable bonds is 6. The number of hydrogen-bond donors (Lipinski definition) is 0. The van der Waals surface area contributed by atoms with E-state index < -0.39 is 17.8 Å². The summed E-state index contributed by atoms with van der Waals surface area (Å²) >= 11 is 0. The Morgan fingerprint density at radius 3 is 2.64 bits per heavy atom. The number of halogens is 3. The monoisotopic (exact) mass is 456 g/mol. The summed E-state index contributed by atoms with van der Waals surface area (Å²) in [5, 5.41) is 1.56. The van der Waals surface area contributed by atoms with Gasteiger partial charge in [0, 0.05) is 23.9 Å². The molecule has 0 radical (unpaired) electrons. The second kappa shape index (κ2) is 8.57. The van der Waals surface area contributed by atoms with Gasteiger partial charge in [-0.3, -0.25) is 9.74 Å². The molecule has 1 unspecified atom stereocenters. The first-order valence-corrected chi connectivity index (χ1v) is 11.3. The van der Waals surface area contributed by atoms with Gasteiger partial charge in [0.15, 0.2) is 0 Å². The van der Waals surface area contributed by atoms with Crippen LogP contribution in [0, 0.1) is 0 Å². The van der Waals surface area contributed by atoms with Crippen molar-refractivity contribution in [1.29, 1.82) is 0 Å². The standard InChI is InChI=1S/C25H27F3N4O/c1-31-13-6-12-24(31,25(26,27)28)21-9-5-14-32(33-16-18-7-3-2-4-8-18)23(21)20-15-29-17-30-22(20)19-10-11-19/h2-5,7-9,14-15,17,19,23H,6,10-13,16H2,1H3/t23?,24-/m0/s1. The summed E-state index contributed by atoms with van der Waals surface area (Å²) in [4.78, 5) is 16.3. The van der Waals surface area contributed by atoms with Crippen LogP contribution in [0.15, 0.2) is 66.8 Å². The maximum Gasteiger partial charge on any atom is 0.410 e. The normalized spacial score (nSPS) is 26.0. The number of likely N-dealkylation sites (N-methyl/N-ethyl adjacent to an activating group) is 1. The highest BCUT2D eigenvalue weighted by molar-refractivity contribution is 5.43. The smallest absolute Gasteiger partial charge is 0.289 e. The predicted octanol–water partition coefficient (Wildman–Crippen LogP) is 5.31. The fourth-order valence-electron chi connectivity index (χ4n) is 5.15. The Labute approximate surface area is 191 Å². The van der Waals surface area contributed by atoms with Gasteiger partial charge in [-0.2, -0.15) is 13.2 Å². The molecule has 2 aromatic rings. The van der Waals surface area contributed by atoms with Gasteiger partial charge < -0.3 is 0 Å². The lowest BCUT2D eigenvalue weighted by Crippen LogP contribution is -2.57. The number of benzene rings is 1. The van der Waals surface area contributed by atoms with Crippen LogP contribution in [-0.2, 0) is 11.4 Å². The Hall–Kier alpha value is -2.71. The number of hydrogen-bond acceptors (Lipinski definition) is 5. The van der Waals surface area contributed by atoms with E-state index in [2.05, 4.69) is 9.97 Å². The molecule has 3 aliphatic rings. The van der Waals surface area contributed by atoms with Crippen molar-refractivity contribution in [2.75, 3.05) is 13.6 Å². The zero-order valence-electron chi connectivity index (χ0n) is 18.5.